The van der Waals surface area contributed by atoms with E-state index in [1.807, 2.05) is 24.3 Å². The molecular formula is C19H26N4O3. The normalized spacial score (nSPS) is 19.6. The predicted molar refractivity (Wildman–Crippen MR) is 101 cm³/mol. The summed E-state index contributed by atoms with van der Waals surface area (Å²) in [6, 6.07) is 7.80. The molecule has 7 heteroatoms. The zero-order valence-corrected chi connectivity index (χ0v) is 15.5. The van der Waals surface area contributed by atoms with Crippen molar-refractivity contribution >= 4 is 18.6 Å². The van der Waals surface area contributed by atoms with E-state index in [0.29, 0.717) is 45.0 Å². The predicted octanol–water partition coefficient (Wildman–Crippen LogP) is 2.50. The number of carbonyl (C=O) groups is 1. The number of aryl methyl sites for hydroxylation is 1. The Morgan fingerprint density at radius 1 is 1.23 bits per heavy atom. The van der Waals surface area contributed by atoms with Crippen molar-refractivity contribution < 1.29 is 14.3 Å². The molecule has 0 unspecified atom stereocenters. The highest BCUT2D eigenvalue weighted by Gasteiger charge is 2.41. The number of carbonyl (C=O) groups excluding carboxylic acids is 1. The summed E-state index contributed by atoms with van der Waals surface area (Å²) >= 11 is 0. The molecule has 140 valence electrons. The fourth-order valence-corrected chi connectivity index (χ4v) is 3.28. The van der Waals surface area contributed by atoms with Crippen molar-refractivity contribution in [3.05, 3.63) is 35.4 Å². The largest absolute Gasteiger partial charge is 0.347 e. The van der Waals surface area contributed by atoms with Crippen LogP contribution in [0.25, 0.3) is 0 Å². The van der Waals surface area contributed by atoms with Gasteiger partial charge in [-0.15, -0.1) is 5.10 Å². The molecule has 3 rings (SSSR count). The van der Waals surface area contributed by atoms with Crippen molar-refractivity contribution in [3.8, 4) is 0 Å². The lowest BCUT2D eigenvalue weighted by Gasteiger charge is -2.38. The topological polar surface area (TPSA) is 66.7 Å². The van der Waals surface area contributed by atoms with E-state index in [9.17, 15) is 4.79 Å². The summed E-state index contributed by atoms with van der Waals surface area (Å²) in [6.07, 6.45) is 2.33. The first-order chi connectivity index (χ1) is 12.6. The summed E-state index contributed by atoms with van der Waals surface area (Å²) in [5, 5.41) is 5.68. The molecule has 0 bridgehead atoms. The number of hydrazone groups is 1. The van der Waals surface area contributed by atoms with E-state index in [1.165, 1.54) is 10.6 Å². The van der Waals surface area contributed by atoms with Crippen LogP contribution in [-0.4, -0.2) is 67.6 Å². The van der Waals surface area contributed by atoms with Crippen LogP contribution in [0.4, 0.5) is 4.79 Å². The van der Waals surface area contributed by atoms with E-state index >= 15 is 0 Å². The maximum absolute atomic E-state index is 12.7. The van der Waals surface area contributed by atoms with Crippen molar-refractivity contribution in [2.24, 2.45) is 10.1 Å². The molecule has 26 heavy (non-hydrogen) atoms. The van der Waals surface area contributed by atoms with E-state index in [-0.39, 0.29) is 6.03 Å². The van der Waals surface area contributed by atoms with E-state index in [0.717, 1.165) is 12.0 Å². The fourth-order valence-electron chi connectivity index (χ4n) is 3.28. The second-order valence-corrected chi connectivity index (χ2v) is 6.53. The summed E-state index contributed by atoms with van der Waals surface area (Å²) in [7, 11) is 1.64. The maximum Gasteiger partial charge on any atom is 0.340 e. The third-order valence-corrected chi connectivity index (χ3v) is 4.90. The number of rotatable bonds is 3. The molecule has 2 aliphatic heterocycles. The molecule has 2 saturated heterocycles. The van der Waals surface area contributed by atoms with Gasteiger partial charge in [0, 0.05) is 38.5 Å². The third kappa shape index (κ3) is 3.94. The summed E-state index contributed by atoms with van der Waals surface area (Å²) in [5.74, 6) is -0.0625. The number of hydrogen-bond acceptors (Lipinski definition) is 4. The van der Waals surface area contributed by atoms with Gasteiger partial charge in [-0.3, -0.25) is 0 Å². The van der Waals surface area contributed by atoms with E-state index in [4.69, 9.17) is 9.47 Å². The van der Waals surface area contributed by atoms with Gasteiger partial charge in [0.15, 0.2) is 11.6 Å². The van der Waals surface area contributed by atoms with Gasteiger partial charge in [-0.05, 0) is 18.7 Å². The average molecular weight is 358 g/mol. The van der Waals surface area contributed by atoms with E-state index in [1.54, 1.807) is 11.9 Å². The summed E-state index contributed by atoms with van der Waals surface area (Å²) in [4.78, 5) is 18.4. The second kappa shape index (κ2) is 7.97. The summed E-state index contributed by atoms with van der Waals surface area (Å²) < 4.78 is 11.4. The molecule has 2 aliphatic rings. The monoisotopic (exact) mass is 358 g/mol. The smallest absolute Gasteiger partial charge is 0.340 e. The Morgan fingerprint density at radius 3 is 2.38 bits per heavy atom. The van der Waals surface area contributed by atoms with Crippen LogP contribution >= 0.6 is 0 Å². The number of ether oxygens (including phenoxy) is 2. The minimum absolute atomic E-state index is 0.163. The standard InChI is InChI=1S/C19H26N4O3/c1-4-15-5-7-16(8-6-15)17(20-2)21-22(3)18(24)23-11-9-19(10-12-23)25-13-14-26-19/h5-8H,2,4,9-14H2,1,3H3. The molecule has 1 aromatic carbocycles. The Balaban J connectivity index is 1.65. The Morgan fingerprint density at radius 2 is 1.85 bits per heavy atom. The zero-order valence-electron chi connectivity index (χ0n) is 15.5. The number of amides is 2. The minimum Gasteiger partial charge on any atom is -0.347 e. The van der Waals surface area contributed by atoms with Crippen LogP contribution in [0.5, 0.6) is 0 Å². The number of piperidine rings is 1. The molecule has 1 aromatic rings. The Kier molecular flexibility index (Phi) is 5.68. The number of amidine groups is 1. The van der Waals surface area contributed by atoms with Crippen molar-refractivity contribution in [3.63, 3.8) is 0 Å². The van der Waals surface area contributed by atoms with E-state index in [2.05, 4.69) is 23.7 Å². The highest BCUT2D eigenvalue weighted by atomic mass is 16.7. The van der Waals surface area contributed by atoms with Crippen LogP contribution in [0.15, 0.2) is 34.4 Å². The molecule has 0 aromatic heterocycles. The van der Waals surface area contributed by atoms with Crippen molar-refractivity contribution in [2.45, 2.75) is 32.0 Å². The van der Waals surface area contributed by atoms with Crippen molar-refractivity contribution in [2.75, 3.05) is 33.4 Å². The Hall–Kier alpha value is -2.25. The third-order valence-electron chi connectivity index (χ3n) is 4.90. The second-order valence-electron chi connectivity index (χ2n) is 6.53. The molecule has 2 amide bonds. The number of aliphatic imine (C=N–C) groups is 1. The number of benzene rings is 1. The molecule has 0 N–H and O–H groups in total. The van der Waals surface area contributed by atoms with Crippen LogP contribution in [0.2, 0.25) is 0 Å². The molecule has 0 aliphatic carbocycles. The number of hydrogen-bond donors (Lipinski definition) is 0. The molecule has 2 heterocycles. The van der Waals surface area contributed by atoms with Crippen molar-refractivity contribution in [1.82, 2.24) is 9.91 Å². The van der Waals surface area contributed by atoms with Crippen molar-refractivity contribution in [1.29, 1.82) is 0 Å². The molecule has 2 fully saturated rings. The number of likely N-dealkylation sites (tertiary alicyclic amines) is 1. The lowest BCUT2D eigenvalue weighted by molar-refractivity contribution is -0.181. The summed E-state index contributed by atoms with van der Waals surface area (Å²) in [5.41, 5.74) is 2.07. The summed E-state index contributed by atoms with van der Waals surface area (Å²) in [6.45, 7) is 8.12. The number of urea groups is 1. The first-order valence-corrected chi connectivity index (χ1v) is 9.02. The van der Waals surface area contributed by atoms with Gasteiger partial charge in [-0.2, -0.15) is 0 Å². The fraction of sp³-hybridized carbons (Fsp3) is 0.526. The first kappa shape index (κ1) is 18.5. The molecule has 0 radical (unpaired) electrons. The van der Waals surface area contributed by atoms with Crippen LogP contribution in [0.1, 0.15) is 30.9 Å². The van der Waals surface area contributed by atoms with Crippen LogP contribution < -0.4 is 0 Å². The lowest BCUT2D eigenvalue weighted by atomic mass is 10.0. The Labute approximate surface area is 154 Å². The van der Waals surface area contributed by atoms with Crippen LogP contribution in [0.3, 0.4) is 0 Å². The first-order valence-electron chi connectivity index (χ1n) is 9.02. The molecule has 0 atom stereocenters. The maximum atomic E-state index is 12.7. The van der Waals surface area contributed by atoms with Crippen LogP contribution in [0, 0.1) is 0 Å². The van der Waals surface area contributed by atoms with E-state index < -0.39 is 5.79 Å². The molecule has 0 saturated carbocycles. The van der Waals surface area contributed by atoms with Gasteiger partial charge in [0.05, 0.1) is 13.2 Å². The van der Waals surface area contributed by atoms with Gasteiger partial charge in [0.1, 0.15) is 0 Å². The van der Waals surface area contributed by atoms with Crippen LogP contribution in [-0.2, 0) is 15.9 Å². The van der Waals surface area contributed by atoms with Gasteiger partial charge in [-0.1, -0.05) is 31.2 Å². The van der Waals surface area contributed by atoms with Gasteiger partial charge in [0.25, 0.3) is 0 Å². The van der Waals surface area contributed by atoms with Gasteiger partial charge < -0.3 is 14.4 Å². The van der Waals surface area contributed by atoms with Gasteiger partial charge >= 0.3 is 6.03 Å². The highest BCUT2D eigenvalue weighted by molar-refractivity contribution is 6.01. The SMILES string of the molecule is C=NC(=NN(C)C(=O)N1CCC2(CC1)OCCO2)c1ccc(CC)cc1. The number of nitrogens with zero attached hydrogens (tertiary/aromatic N) is 4. The zero-order chi connectivity index (χ0) is 18.6. The van der Waals surface area contributed by atoms with Gasteiger partial charge in [0.2, 0.25) is 0 Å². The quantitative estimate of drug-likeness (QED) is 0.474. The minimum atomic E-state index is -0.493. The molecular weight excluding hydrogens is 332 g/mol. The molecule has 7 nitrogen and oxygen atoms in total. The highest BCUT2D eigenvalue weighted by Crippen LogP contribution is 2.31. The molecule has 1 spiro atoms. The Bertz CT molecular complexity index is 671. The van der Waals surface area contributed by atoms with Gasteiger partial charge in [-0.25, -0.2) is 14.8 Å². The average Bonchev–Trinajstić information content (AvgIpc) is 3.14. The lowest BCUT2D eigenvalue weighted by Crippen LogP contribution is -2.49.